The van der Waals surface area contributed by atoms with E-state index in [0.29, 0.717) is 12.6 Å². The van der Waals surface area contributed by atoms with Gasteiger partial charge in [0.2, 0.25) is 0 Å². The van der Waals surface area contributed by atoms with E-state index in [-0.39, 0.29) is 0 Å². The molecule has 1 aromatic heterocycles. The molecule has 1 aromatic carbocycles. The van der Waals surface area contributed by atoms with Crippen LogP contribution < -0.4 is 11.1 Å². The Bertz CT molecular complexity index is 758. The van der Waals surface area contributed by atoms with Crippen LogP contribution in [-0.4, -0.2) is 15.8 Å². The van der Waals surface area contributed by atoms with Crippen molar-refractivity contribution >= 4 is 23.4 Å². The van der Waals surface area contributed by atoms with E-state index in [9.17, 15) is 0 Å². The molecular formula is C22H33N5. The Hall–Kier alpha value is -2.56. The van der Waals surface area contributed by atoms with Crippen LogP contribution in [-0.2, 0) is 6.54 Å². The van der Waals surface area contributed by atoms with Gasteiger partial charge in [0.25, 0.3) is 0 Å². The molecule has 2 aromatic rings. The number of anilines is 1. The van der Waals surface area contributed by atoms with E-state index in [2.05, 4.69) is 33.4 Å². The Labute approximate surface area is 163 Å². The lowest BCUT2D eigenvalue weighted by molar-refractivity contribution is 0.496. The van der Waals surface area contributed by atoms with Gasteiger partial charge >= 0.3 is 0 Å². The molecule has 0 aliphatic heterocycles. The Morgan fingerprint density at radius 1 is 1.33 bits per heavy atom. The largest absolute Gasteiger partial charge is 0.399 e. The van der Waals surface area contributed by atoms with Crippen molar-refractivity contribution in [1.82, 2.24) is 14.9 Å². The lowest BCUT2D eigenvalue weighted by atomic mass is 10.1. The molecule has 0 amide bonds. The lowest BCUT2D eigenvalue weighted by Crippen LogP contribution is -2.11. The predicted octanol–water partition coefficient (Wildman–Crippen LogP) is 5.34. The minimum absolute atomic E-state index is 0.486. The van der Waals surface area contributed by atoms with Crippen molar-refractivity contribution in [3.63, 3.8) is 0 Å². The molecular weight excluding hydrogens is 334 g/mol. The fourth-order valence-corrected chi connectivity index (χ4v) is 3.44. The zero-order valence-corrected chi connectivity index (χ0v) is 17.1. The number of rotatable bonds is 6. The monoisotopic (exact) mass is 367 g/mol. The molecule has 1 saturated carbocycles. The molecule has 2 unspecified atom stereocenters. The van der Waals surface area contributed by atoms with Gasteiger partial charge in [0.05, 0.1) is 12.0 Å². The number of aromatic nitrogens is 2. The van der Waals surface area contributed by atoms with Gasteiger partial charge in [-0.25, -0.2) is 9.98 Å². The van der Waals surface area contributed by atoms with E-state index in [1.807, 2.05) is 57.6 Å². The van der Waals surface area contributed by atoms with E-state index in [1.54, 1.807) is 0 Å². The van der Waals surface area contributed by atoms with Gasteiger partial charge in [0.1, 0.15) is 5.69 Å². The first-order chi connectivity index (χ1) is 13.1. The minimum atomic E-state index is 0.486. The van der Waals surface area contributed by atoms with Crippen LogP contribution in [0.5, 0.6) is 0 Å². The average molecular weight is 368 g/mol. The second-order valence-electron chi connectivity index (χ2n) is 6.86. The Balaban J connectivity index is 0.00000126. The standard InChI is InChI=1S/C20H27N5.C2H6/c1-4-22-20-19(24-13-25(20)18-10-5-14(2)11-18)15(3)23-12-16-6-8-17(21)9-7-16;1-2/h4,6-9,13-14,18,23H,3,5,10-12,21H2,1-2H3;1-2H3/b22-4-;. The lowest BCUT2D eigenvalue weighted by Gasteiger charge is -2.15. The highest BCUT2D eigenvalue weighted by atomic mass is 15.2. The Morgan fingerprint density at radius 3 is 2.63 bits per heavy atom. The smallest absolute Gasteiger partial charge is 0.161 e. The summed E-state index contributed by atoms with van der Waals surface area (Å²) in [4.78, 5) is 9.18. The first kappa shape index (κ1) is 20.7. The molecule has 5 heteroatoms. The molecule has 146 valence electrons. The number of nitrogens with one attached hydrogen (secondary N) is 1. The number of imidazole rings is 1. The summed E-state index contributed by atoms with van der Waals surface area (Å²) < 4.78 is 2.22. The second kappa shape index (κ2) is 9.95. The van der Waals surface area contributed by atoms with Crippen molar-refractivity contribution in [3.05, 3.63) is 48.4 Å². The zero-order valence-electron chi connectivity index (χ0n) is 17.1. The summed E-state index contributed by atoms with van der Waals surface area (Å²) in [5, 5.41) is 3.36. The van der Waals surface area contributed by atoms with Crippen LogP contribution in [0.2, 0.25) is 0 Å². The second-order valence-corrected chi connectivity index (χ2v) is 6.86. The average Bonchev–Trinajstić information content (AvgIpc) is 3.29. The molecule has 0 spiro atoms. The van der Waals surface area contributed by atoms with E-state index >= 15 is 0 Å². The molecule has 3 rings (SSSR count). The van der Waals surface area contributed by atoms with Gasteiger partial charge in [-0.15, -0.1) is 0 Å². The van der Waals surface area contributed by atoms with Gasteiger partial charge in [-0.2, -0.15) is 0 Å². The molecule has 2 atom stereocenters. The van der Waals surface area contributed by atoms with Crippen LogP contribution in [0.25, 0.3) is 5.70 Å². The first-order valence-corrected chi connectivity index (χ1v) is 9.91. The topological polar surface area (TPSA) is 68.2 Å². The van der Waals surface area contributed by atoms with Crippen molar-refractivity contribution < 1.29 is 0 Å². The third-order valence-corrected chi connectivity index (χ3v) is 4.85. The van der Waals surface area contributed by atoms with E-state index in [1.165, 1.54) is 19.3 Å². The van der Waals surface area contributed by atoms with Crippen molar-refractivity contribution in [1.29, 1.82) is 0 Å². The molecule has 0 saturated heterocycles. The maximum Gasteiger partial charge on any atom is 0.161 e. The van der Waals surface area contributed by atoms with Crippen molar-refractivity contribution in [2.75, 3.05) is 5.73 Å². The number of hydrogen-bond acceptors (Lipinski definition) is 4. The highest BCUT2D eigenvalue weighted by Crippen LogP contribution is 2.38. The Kier molecular flexibility index (Phi) is 7.65. The molecule has 1 heterocycles. The number of nitrogens with zero attached hydrogens (tertiary/aromatic N) is 3. The van der Waals surface area contributed by atoms with E-state index in [0.717, 1.165) is 34.4 Å². The van der Waals surface area contributed by atoms with Crippen LogP contribution in [0.1, 0.15) is 64.3 Å². The quantitative estimate of drug-likeness (QED) is 0.535. The molecule has 3 N–H and O–H groups in total. The predicted molar refractivity (Wildman–Crippen MR) is 116 cm³/mol. The van der Waals surface area contributed by atoms with Gasteiger partial charge in [0, 0.05) is 24.5 Å². The summed E-state index contributed by atoms with van der Waals surface area (Å²) in [6, 6.07) is 8.32. The Morgan fingerprint density at radius 2 is 2.04 bits per heavy atom. The summed E-state index contributed by atoms with van der Waals surface area (Å²) in [6.07, 6.45) is 7.38. The van der Waals surface area contributed by atoms with Crippen LogP contribution in [0.15, 0.2) is 42.2 Å². The summed E-state index contributed by atoms with van der Waals surface area (Å²) in [7, 11) is 0. The summed E-state index contributed by atoms with van der Waals surface area (Å²) in [5.41, 5.74) is 9.28. The molecule has 1 aliphatic carbocycles. The maximum absolute atomic E-state index is 5.73. The van der Waals surface area contributed by atoms with Gasteiger partial charge < -0.3 is 15.6 Å². The number of benzene rings is 1. The van der Waals surface area contributed by atoms with Crippen molar-refractivity contribution in [3.8, 4) is 0 Å². The number of hydrogen-bond donors (Lipinski definition) is 2. The third-order valence-electron chi connectivity index (χ3n) is 4.85. The zero-order chi connectivity index (χ0) is 19.8. The van der Waals surface area contributed by atoms with Gasteiger partial charge in [0.15, 0.2) is 5.82 Å². The molecule has 5 nitrogen and oxygen atoms in total. The summed E-state index contributed by atoms with van der Waals surface area (Å²) >= 11 is 0. The highest BCUT2D eigenvalue weighted by molar-refractivity contribution is 5.71. The van der Waals surface area contributed by atoms with Gasteiger partial charge in [-0.1, -0.05) is 39.5 Å². The van der Waals surface area contributed by atoms with Crippen molar-refractivity contribution in [2.45, 2.75) is 59.5 Å². The van der Waals surface area contributed by atoms with Gasteiger partial charge in [-0.05, 0) is 49.8 Å². The molecule has 0 bridgehead atoms. The maximum atomic E-state index is 5.73. The minimum Gasteiger partial charge on any atom is -0.399 e. The van der Waals surface area contributed by atoms with E-state index < -0.39 is 0 Å². The first-order valence-electron chi connectivity index (χ1n) is 9.91. The van der Waals surface area contributed by atoms with Crippen LogP contribution in [0.4, 0.5) is 11.5 Å². The third kappa shape index (κ3) is 5.22. The fourth-order valence-electron chi connectivity index (χ4n) is 3.44. The fraction of sp³-hybridized carbons (Fsp3) is 0.455. The number of nitrogen functional groups attached to an aromatic ring is 1. The van der Waals surface area contributed by atoms with Crippen LogP contribution >= 0.6 is 0 Å². The van der Waals surface area contributed by atoms with Crippen LogP contribution in [0, 0.1) is 5.92 Å². The normalized spacial score (nSPS) is 19.0. The van der Waals surface area contributed by atoms with Crippen LogP contribution in [0.3, 0.4) is 0 Å². The molecule has 1 fully saturated rings. The van der Waals surface area contributed by atoms with Crippen molar-refractivity contribution in [2.24, 2.45) is 10.9 Å². The summed E-state index contributed by atoms with van der Waals surface area (Å²) in [6.45, 7) is 13.1. The molecule has 1 aliphatic rings. The number of aliphatic imine (C=N–C) groups is 1. The number of nitrogens with two attached hydrogens (primary N) is 1. The molecule has 27 heavy (non-hydrogen) atoms. The highest BCUT2D eigenvalue weighted by Gasteiger charge is 2.26. The van der Waals surface area contributed by atoms with Gasteiger partial charge in [-0.3, -0.25) is 0 Å². The molecule has 0 radical (unpaired) electrons. The SMILES string of the molecule is C=C(NCc1ccc(N)cc1)c1ncn(C2CCC(C)C2)c1/N=C\C.CC. The van der Waals surface area contributed by atoms with E-state index in [4.69, 9.17) is 5.73 Å². The summed E-state index contributed by atoms with van der Waals surface area (Å²) in [5.74, 6) is 1.66.